The molecule has 4 aromatic rings. The highest BCUT2D eigenvalue weighted by molar-refractivity contribution is 7.99. The second kappa shape index (κ2) is 7.35. The fourth-order valence-corrected chi connectivity index (χ4v) is 3.71. The number of nitrogens with zero attached hydrogens (tertiary/aromatic N) is 3. The van der Waals surface area contributed by atoms with Gasteiger partial charge in [0.25, 0.3) is 5.56 Å². The molecule has 2 aromatic heterocycles. The molecule has 0 unspecified atom stereocenters. The van der Waals surface area contributed by atoms with Gasteiger partial charge in [0.2, 0.25) is 0 Å². The maximum absolute atomic E-state index is 12.4. The molecule has 0 bridgehead atoms. The molecular formula is C19H15ClN4OS. The van der Waals surface area contributed by atoms with Crippen LogP contribution < -0.4 is 5.56 Å². The summed E-state index contributed by atoms with van der Waals surface area (Å²) in [6, 6.07) is 17.5. The van der Waals surface area contributed by atoms with Gasteiger partial charge in [-0.15, -0.1) is 0 Å². The lowest BCUT2D eigenvalue weighted by Gasteiger charge is -2.05. The zero-order valence-electron chi connectivity index (χ0n) is 13.7. The number of hydrogen-bond donors (Lipinski definition) is 1. The molecule has 26 heavy (non-hydrogen) atoms. The van der Waals surface area contributed by atoms with Crippen molar-refractivity contribution >= 4 is 34.4 Å². The van der Waals surface area contributed by atoms with Gasteiger partial charge in [-0.05, 0) is 30.2 Å². The van der Waals surface area contributed by atoms with E-state index in [-0.39, 0.29) is 5.56 Å². The SMILES string of the molecule is O=c1[nH]c(SCCc2ccccc2)nc2c1cnn2-c1cccc(Cl)c1. The van der Waals surface area contributed by atoms with E-state index < -0.39 is 0 Å². The first-order valence-electron chi connectivity index (χ1n) is 8.11. The highest BCUT2D eigenvalue weighted by Crippen LogP contribution is 2.20. The maximum atomic E-state index is 12.4. The van der Waals surface area contributed by atoms with E-state index in [1.165, 1.54) is 23.5 Å². The van der Waals surface area contributed by atoms with Gasteiger partial charge in [0.1, 0.15) is 5.39 Å². The molecule has 5 nitrogen and oxygen atoms in total. The van der Waals surface area contributed by atoms with E-state index in [1.54, 1.807) is 16.8 Å². The van der Waals surface area contributed by atoms with Crippen LogP contribution in [0.4, 0.5) is 0 Å². The van der Waals surface area contributed by atoms with Crippen LogP contribution in [0.25, 0.3) is 16.7 Å². The summed E-state index contributed by atoms with van der Waals surface area (Å²) in [5.41, 5.74) is 2.36. The number of aryl methyl sites for hydroxylation is 1. The van der Waals surface area contributed by atoms with Crippen molar-refractivity contribution in [3.8, 4) is 5.69 Å². The first-order chi connectivity index (χ1) is 12.7. The van der Waals surface area contributed by atoms with Crippen LogP contribution in [0.15, 0.2) is 70.7 Å². The number of thioether (sulfide) groups is 1. The van der Waals surface area contributed by atoms with E-state index in [2.05, 4.69) is 27.2 Å². The predicted molar refractivity (Wildman–Crippen MR) is 105 cm³/mol. The number of hydrogen-bond acceptors (Lipinski definition) is 4. The summed E-state index contributed by atoms with van der Waals surface area (Å²) in [7, 11) is 0. The minimum absolute atomic E-state index is 0.189. The summed E-state index contributed by atoms with van der Waals surface area (Å²) in [5, 5.41) is 5.95. The van der Waals surface area contributed by atoms with Gasteiger partial charge in [0.15, 0.2) is 10.8 Å². The van der Waals surface area contributed by atoms with E-state index in [1.807, 2.05) is 30.3 Å². The summed E-state index contributed by atoms with van der Waals surface area (Å²) >= 11 is 7.59. The first kappa shape index (κ1) is 16.9. The normalized spacial score (nSPS) is 11.1. The number of nitrogens with one attached hydrogen (secondary N) is 1. The van der Waals surface area contributed by atoms with Gasteiger partial charge in [0, 0.05) is 10.8 Å². The van der Waals surface area contributed by atoms with Crippen molar-refractivity contribution < 1.29 is 0 Å². The van der Waals surface area contributed by atoms with Crippen LogP contribution in [0.2, 0.25) is 5.02 Å². The summed E-state index contributed by atoms with van der Waals surface area (Å²) in [6.07, 6.45) is 2.43. The smallest absolute Gasteiger partial charge is 0.262 e. The Morgan fingerprint density at radius 2 is 1.96 bits per heavy atom. The van der Waals surface area contributed by atoms with E-state index in [0.29, 0.717) is 21.2 Å². The van der Waals surface area contributed by atoms with E-state index in [0.717, 1.165) is 17.9 Å². The van der Waals surface area contributed by atoms with Crippen molar-refractivity contribution in [3.05, 3.63) is 81.7 Å². The van der Waals surface area contributed by atoms with Crippen LogP contribution in [-0.2, 0) is 6.42 Å². The van der Waals surface area contributed by atoms with Crippen LogP contribution >= 0.6 is 23.4 Å². The van der Waals surface area contributed by atoms with Crippen molar-refractivity contribution in [2.75, 3.05) is 5.75 Å². The molecule has 0 radical (unpaired) electrons. The second-order valence-corrected chi connectivity index (χ2v) is 7.25. The third-order valence-corrected chi connectivity index (χ3v) is 5.05. The summed E-state index contributed by atoms with van der Waals surface area (Å²) in [5.74, 6) is 0.823. The molecule has 2 heterocycles. The predicted octanol–water partition coefficient (Wildman–Crippen LogP) is 4.10. The lowest BCUT2D eigenvalue weighted by Crippen LogP contribution is -2.10. The molecule has 0 aliphatic carbocycles. The summed E-state index contributed by atoms with van der Waals surface area (Å²) in [6.45, 7) is 0. The Morgan fingerprint density at radius 1 is 1.12 bits per heavy atom. The Kier molecular flexibility index (Phi) is 4.77. The molecule has 0 amide bonds. The molecule has 0 fully saturated rings. The molecule has 2 aromatic carbocycles. The van der Waals surface area contributed by atoms with Gasteiger partial charge < -0.3 is 4.98 Å². The Balaban J connectivity index is 1.62. The van der Waals surface area contributed by atoms with E-state index in [4.69, 9.17) is 11.6 Å². The molecular weight excluding hydrogens is 368 g/mol. The van der Waals surface area contributed by atoms with E-state index in [9.17, 15) is 4.79 Å². The summed E-state index contributed by atoms with van der Waals surface area (Å²) in [4.78, 5) is 19.8. The summed E-state index contributed by atoms with van der Waals surface area (Å²) < 4.78 is 1.64. The molecule has 0 saturated carbocycles. The van der Waals surface area contributed by atoms with Gasteiger partial charge in [-0.25, -0.2) is 9.67 Å². The molecule has 4 rings (SSSR count). The molecule has 0 aliphatic rings. The van der Waals surface area contributed by atoms with Gasteiger partial charge in [-0.3, -0.25) is 4.79 Å². The number of rotatable bonds is 5. The molecule has 0 saturated heterocycles. The number of aromatic nitrogens is 4. The van der Waals surface area contributed by atoms with Gasteiger partial charge in [-0.1, -0.05) is 59.8 Å². The van der Waals surface area contributed by atoms with Crippen LogP contribution in [0.3, 0.4) is 0 Å². The van der Waals surface area contributed by atoms with Crippen LogP contribution in [0.5, 0.6) is 0 Å². The third-order valence-electron chi connectivity index (χ3n) is 3.94. The lowest BCUT2D eigenvalue weighted by atomic mass is 10.2. The molecule has 0 aliphatic heterocycles. The molecule has 130 valence electrons. The monoisotopic (exact) mass is 382 g/mol. The van der Waals surface area contributed by atoms with Gasteiger partial charge in [-0.2, -0.15) is 5.10 Å². The largest absolute Gasteiger partial charge is 0.301 e. The fraction of sp³-hybridized carbons (Fsp3) is 0.105. The third kappa shape index (κ3) is 3.52. The average molecular weight is 383 g/mol. The minimum atomic E-state index is -0.189. The van der Waals surface area contributed by atoms with Crippen molar-refractivity contribution in [1.29, 1.82) is 0 Å². The topological polar surface area (TPSA) is 63.6 Å². The van der Waals surface area contributed by atoms with Crippen molar-refractivity contribution in [1.82, 2.24) is 19.7 Å². The van der Waals surface area contributed by atoms with Crippen molar-refractivity contribution in [2.45, 2.75) is 11.6 Å². The first-order valence-corrected chi connectivity index (χ1v) is 9.48. The molecule has 1 N–H and O–H groups in total. The second-order valence-electron chi connectivity index (χ2n) is 5.73. The number of H-pyrrole nitrogens is 1. The fourth-order valence-electron chi connectivity index (χ4n) is 2.67. The maximum Gasteiger partial charge on any atom is 0.262 e. The molecule has 0 spiro atoms. The minimum Gasteiger partial charge on any atom is -0.301 e. The highest BCUT2D eigenvalue weighted by Gasteiger charge is 2.12. The Labute approximate surface area is 159 Å². The Bertz CT molecular complexity index is 1110. The Hall–Kier alpha value is -2.57. The molecule has 0 atom stereocenters. The lowest BCUT2D eigenvalue weighted by molar-refractivity contribution is 0.872. The molecule has 7 heteroatoms. The van der Waals surface area contributed by atoms with Crippen molar-refractivity contribution in [2.24, 2.45) is 0 Å². The van der Waals surface area contributed by atoms with Crippen LogP contribution in [0, 0.1) is 0 Å². The number of fused-ring (bicyclic) bond motifs is 1. The van der Waals surface area contributed by atoms with Crippen molar-refractivity contribution in [3.63, 3.8) is 0 Å². The van der Waals surface area contributed by atoms with Gasteiger partial charge in [0.05, 0.1) is 11.9 Å². The standard InChI is InChI=1S/C19H15ClN4OS/c20-14-7-4-8-15(11-14)24-17-16(12-21-24)18(25)23-19(22-17)26-10-9-13-5-2-1-3-6-13/h1-8,11-12H,9-10H2,(H,22,23,25). The van der Waals surface area contributed by atoms with Gasteiger partial charge >= 0.3 is 0 Å². The number of benzene rings is 2. The van der Waals surface area contributed by atoms with Crippen LogP contribution in [-0.4, -0.2) is 25.5 Å². The quantitative estimate of drug-likeness (QED) is 0.417. The zero-order chi connectivity index (χ0) is 17.9. The van der Waals surface area contributed by atoms with Crippen LogP contribution in [0.1, 0.15) is 5.56 Å². The van der Waals surface area contributed by atoms with E-state index >= 15 is 0 Å². The number of aromatic amines is 1. The Morgan fingerprint density at radius 3 is 2.77 bits per heavy atom. The average Bonchev–Trinajstić information content (AvgIpc) is 3.07. The number of halogens is 1. The zero-order valence-corrected chi connectivity index (χ0v) is 15.3. The highest BCUT2D eigenvalue weighted by atomic mass is 35.5.